The van der Waals surface area contributed by atoms with Crippen molar-refractivity contribution in [3.05, 3.63) is 29.8 Å². The van der Waals surface area contributed by atoms with E-state index in [2.05, 4.69) is 44.3 Å². The van der Waals surface area contributed by atoms with Crippen LogP contribution < -0.4 is 10.1 Å². The molecule has 0 amide bonds. The molecule has 0 fully saturated rings. The SMILES string of the molecule is CCOc1ccc2c(c1)C(C)=CC(C)(C)N2.[Ca+2].[H-].[H-]. The number of hydrogen-bond donors (Lipinski definition) is 1. The predicted molar refractivity (Wildman–Crippen MR) is 76.9 cm³/mol. The van der Waals surface area contributed by atoms with Gasteiger partial charge in [0.05, 0.1) is 12.1 Å². The quantitative estimate of drug-likeness (QED) is 0.820. The number of benzene rings is 1. The van der Waals surface area contributed by atoms with Crippen molar-refractivity contribution in [2.75, 3.05) is 11.9 Å². The van der Waals surface area contributed by atoms with Gasteiger partial charge >= 0.3 is 37.7 Å². The molecule has 1 aromatic rings. The topological polar surface area (TPSA) is 21.3 Å². The minimum Gasteiger partial charge on any atom is -1.00 e. The maximum atomic E-state index is 5.52. The largest absolute Gasteiger partial charge is 2.00 e. The first-order chi connectivity index (χ1) is 7.52. The Morgan fingerprint density at radius 2 is 2.06 bits per heavy atom. The minimum absolute atomic E-state index is 0. The Kier molecular flexibility index (Phi) is 4.94. The molecule has 1 aliphatic rings. The van der Waals surface area contributed by atoms with E-state index in [0.29, 0.717) is 6.61 Å². The molecule has 1 heterocycles. The zero-order valence-electron chi connectivity index (χ0n) is 13.1. The maximum Gasteiger partial charge on any atom is 2.00 e. The van der Waals surface area contributed by atoms with Crippen LogP contribution in [-0.2, 0) is 0 Å². The second-order valence-electron chi connectivity index (χ2n) is 4.81. The van der Waals surface area contributed by atoms with Crippen molar-refractivity contribution < 1.29 is 7.59 Å². The van der Waals surface area contributed by atoms with E-state index in [1.54, 1.807) is 0 Å². The van der Waals surface area contributed by atoms with Crippen molar-refractivity contribution >= 4 is 49.0 Å². The molecule has 3 heteroatoms. The first-order valence-corrected chi connectivity index (χ1v) is 5.77. The Balaban J connectivity index is 0. The van der Waals surface area contributed by atoms with Gasteiger partial charge in [-0.1, -0.05) is 6.08 Å². The summed E-state index contributed by atoms with van der Waals surface area (Å²) in [4.78, 5) is 0. The van der Waals surface area contributed by atoms with Gasteiger partial charge in [0.1, 0.15) is 5.75 Å². The van der Waals surface area contributed by atoms with E-state index in [1.165, 1.54) is 16.8 Å². The van der Waals surface area contributed by atoms with Gasteiger partial charge in [-0.25, -0.2) is 0 Å². The smallest absolute Gasteiger partial charge is 1.00 e. The molecule has 0 saturated heterocycles. The first-order valence-electron chi connectivity index (χ1n) is 5.77. The van der Waals surface area contributed by atoms with Gasteiger partial charge in [-0.05, 0) is 51.5 Å². The van der Waals surface area contributed by atoms with Crippen LogP contribution in [0.4, 0.5) is 5.69 Å². The summed E-state index contributed by atoms with van der Waals surface area (Å²) in [7, 11) is 0. The minimum atomic E-state index is 0. The number of anilines is 1. The van der Waals surface area contributed by atoms with E-state index >= 15 is 0 Å². The molecule has 0 saturated carbocycles. The molecular weight excluding hydrogens is 238 g/mol. The Morgan fingerprint density at radius 1 is 1.35 bits per heavy atom. The average molecular weight is 259 g/mol. The molecule has 2 rings (SSSR count). The molecule has 17 heavy (non-hydrogen) atoms. The molecule has 0 unspecified atom stereocenters. The first kappa shape index (κ1) is 14.9. The van der Waals surface area contributed by atoms with E-state index < -0.39 is 0 Å². The zero-order chi connectivity index (χ0) is 11.8. The molecule has 2 nitrogen and oxygen atoms in total. The molecule has 1 N–H and O–H groups in total. The molecular formula is C14H21CaNO. The summed E-state index contributed by atoms with van der Waals surface area (Å²) in [5, 5.41) is 3.50. The van der Waals surface area contributed by atoms with Gasteiger partial charge in [0.2, 0.25) is 0 Å². The molecule has 0 radical (unpaired) electrons. The van der Waals surface area contributed by atoms with Gasteiger partial charge in [0.15, 0.2) is 0 Å². The summed E-state index contributed by atoms with van der Waals surface area (Å²) >= 11 is 0. The van der Waals surface area contributed by atoms with Crippen LogP contribution in [0.5, 0.6) is 5.75 Å². The number of hydrogen-bond acceptors (Lipinski definition) is 2. The van der Waals surface area contributed by atoms with Crippen molar-refractivity contribution in [3.63, 3.8) is 0 Å². The van der Waals surface area contributed by atoms with E-state index in [-0.39, 0.29) is 46.1 Å². The fourth-order valence-electron chi connectivity index (χ4n) is 2.22. The van der Waals surface area contributed by atoms with Crippen LogP contribution in [0.15, 0.2) is 24.3 Å². The van der Waals surface area contributed by atoms with Gasteiger partial charge in [0.25, 0.3) is 0 Å². The van der Waals surface area contributed by atoms with Crippen LogP contribution in [0.25, 0.3) is 5.57 Å². The molecule has 0 spiro atoms. The van der Waals surface area contributed by atoms with Crippen LogP contribution in [0, 0.1) is 0 Å². The van der Waals surface area contributed by atoms with Gasteiger partial charge in [0, 0.05) is 11.3 Å². The third-order valence-electron chi connectivity index (χ3n) is 2.76. The van der Waals surface area contributed by atoms with E-state index in [1.807, 2.05) is 13.0 Å². The van der Waals surface area contributed by atoms with Crippen LogP contribution in [0.3, 0.4) is 0 Å². The van der Waals surface area contributed by atoms with Crippen molar-refractivity contribution in [3.8, 4) is 5.75 Å². The third-order valence-corrected chi connectivity index (χ3v) is 2.76. The third kappa shape index (κ3) is 3.40. The monoisotopic (exact) mass is 259 g/mol. The zero-order valence-corrected chi connectivity index (χ0v) is 13.3. The predicted octanol–water partition coefficient (Wildman–Crippen LogP) is 3.54. The number of nitrogens with one attached hydrogen (secondary N) is 1. The van der Waals surface area contributed by atoms with E-state index in [0.717, 1.165) is 5.75 Å². The Hall–Kier alpha value is -0.180. The Bertz CT molecular complexity index is 447. The molecule has 0 atom stereocenters. The number of allylic oxidation sites excluding steroid dienone is 1. The standard InChI is InChI=1S/C14H19NO.Ca.2H/c1-5-16-11-6-7-13-12(8-11)10(2)9-14(3,4)15-13;;;/h6-9,15H,5H2,1-4H3;;;/q;+2;2*-1. The van der Waals surface area contributed by atoms with Gasteiger partial charge < -0.3 is 12.9 Å². The summed E-state index contributed by atoms with van der Waals surface area (Å²) in [5.41, 5.74) is 3.77. The van der Waals surface area contributed by atoms with Crippen LogP contribution in [-0.4, -0.2) is 49.9 Å². The van der Waals surface area contributed by atoms with Gasteiger partial charge in [-0.3, -0.25) is 0 Å². The fourth-order valence-corrected chi connectivity index (χ4v) is 2.22. The summed E-state index contributed by atoms with van der Waals surface area (Å²) in [5.74, 6) is 0.940. The second kappa shape index (κ2) is 5.64. The van der Waals surface area contributed by atoms with Crippen molar-refractivity contribution in [2.45, 2.75) is 33.2 Å². The number of ether oxygens (including phenoxy) is 1. The molecule has 1 aromatic carbocycles. The van der Waals surface area contributed by atoms with Crippen molar-refractivity contribution in [1.29, 1.82) is 0 Å². The summed E-state index contributed by atoms with van der Waals surface area (Å²) in [6.07, 6.45) is 2.26. The van der Waals surface area contributed by atoms with E-state index in [9.17, 15) is 0 Å². The second-order valence-corrected chi connectivity index (χ2v) is 4.81. The number of rotatable bonds is 2. The maximum absolute atomic E-state index is 5.52. The average Bonchev–Trinajstić information content (AvgIpc) is 2.18. The summed E-state index contributed by atoms with van der Waals surface area (Å²) in [6.45, 7) is 9.22. The summed E-state index contributed by atoms with van der Waals surface area (Å²) in [6, 6.07) is 6.22. The normalized spacial score (nSPS) is 16.1. The summed E-state index contributed by atoms with van der Waals surface area (Å²) < 4.78 is 5.52. The van der Waals surface area contributed by atoms with Gasteiger partial charge in [-0.2, -0.15) is 0 Å². The fraction of sp³-hybridized carbons (Fsp3) is 0.429. The molecule has 0 aromatic heterocycles. The van der Waals surface area contributed by atoms with Crippen LogP contribution >= 0.6 is 0 Å². The van der Waals surface area contributed by atoms with Crippen LogP contribution in [0.2, 0.25) is 0 Å². The van der Waals surface area contributed by atoms with Crippen molar-refractivity contribution in [2.24, 2.45) is 0 Å². The molecule has 1 aliphatic heterocycles. The molecule has 0 aliphatic carbocycles. The molecule has 90 valence electrons. The van der Waals surface area contributed by atoms with E-state index in [4.69, 9.17) is 4.74 Å². The van der Waals surface area contributed by atoms with Crippen LogP contribution in [0.1, 0.15) is 36.1 Å². The van der Waals surface area contributed by atoms with Crippen molar-refractivity contribution in [1.82, 2.24) is 0 Å². The van der Waals surface area contributed by atoms with Gasteiger partial charge in [-0.15, -0.1) is 0 Å². The molecule has 0 bridgehead atoms. The Labute approximate surface area is 136 Å². The Morgan fingerprint density at radius 3 is 2.71 bits per heavy atom. The number of fused-ring (bicyclic) bond motifs is 1.